The molecule has 0 aliphatic heterocycles. The highest BCUT2D eigenvalue weighted by Gasteiger charge is 2.27. The van der Waals surface area contributed by atoms with Crippen molar-refractivity contribution < 1.29 is 9.53 Å². The highest BCUT2D eigenvalue weighted by Crippen LogP contribution is 2.39. The molecule has 0 heterocycles. The molecule has 0 radical (unpaired) electrons. The molecule has 0 N–H and O–H groups in total. The van der Waals surface area contributed by atoms with Crippen molar-refractivity contribution in [3.63, 3.8) is 0 Å². The molecule has 18 heavy (non-hydrogen) atoms. The van der Waals surface area contributed by atoms with Gasteiger partial charge in [-0.2, -0.15) is 0 Å². The smallest absolute Gasteiger partial charge is 0.303 e. The number of rotatable bonds is 1. The zero-order chi connectivity index (χ0) is 13.5. The third-order valence-electron chi connectivity index (χ3n) is 3.32. The van der Waals surface area contributed by atoms with Gasteiger partial charge in [0, 0.05) is 12.5 Å². The van der Waals surface area contributed by atoms with Crippen LogP contribution in [0.15, 0.2) is 23.8 Å². The van der Waals surface area contributed by atoms with E-state index in [1.165, 1.54) is 12.5 Å². The Kier molecular flexibility index (Phi) is 3.05. The first-order chi connectivity index (χ1) is 8.29. The van der Waals surface area contributed by atoms with Gasteiger partial charge in [-0.1, -0.05) is 45.0 Å². The van der Waals surface area contributed by atoms with Crippen LogP contribution >= 0.6 is 0 Å². The molecule has 1 aliphatic rings. The van der Waals surface area contributed by atoms with Gasteiger partial charge in [0.1, 0.15) is 6.10 Å². The fourth-order valence-corrected chi connectivity index (χ4v) is 2.29. The van der Waals surface area contributed by atoms with Crippen molar-refractivity contribution in [3.8, 4) is 0 Å². The zero-order valence-corrected chi connectivity index (χ0v) is 11.7. The summed E-state index contributed by atoms with van der Waals surface area (Å²) in [7, 11) is 0. The van der Waals surface area contributed by atoms with E-state index < -0.39 is 0 Å². The lowest BCUT2D eigenvalue weighted by Gasteiger charge is -2.22. The molecule has 0 fully saturated rings. The minimum absolute atomic E-state index is 0.103. The van der Waals surface area contributed by atoms with Gasteiger partial charge in [-0.3, -0.25) is 4.79 Å². The normalized spacial score (nSPS) is 18.3. The first-order valence-corrected chi connectivity index (χ1v) is 6.29. The molecule has 0 saturated carbocycles. The quantitative estimate of drug-likeness (QED) is 0.698. The summed E-state index contributed by atoms with van der Waals surface area (Å²) in [6, 6.07) is 6.43. The number of benzene rings is 1. The number of esters is 1. The minimum atomic E-state index is -0.234. The standard InChI is InChI=1S/C16H20O2/c1-10-8-12-6-7-13(16(3,4)5)9-14(12)15(10)18-11(2)17/h6-9,15H,1-5H3. The SMILES string of the molecule is CC(=O)OC1C(C)=Cc2ccc(C(C)(C)C)cc21. The van der Waals surface area contributed by atoms with Crippen LogP contribution in [0.4, 0.5) is 0 Å². The van der Waals surface area contributed by atoms with Gasteiger partial charge < -0.3 is 4.74 Å². The molecule has 1 atom stereocenters. The van der Waals surface area contributed by atoms with Crippen molar-refractivity contribution in [2.75, 3.05) is 0 Å². The Morgan fingerprint density at radius 3 is 2.50 bits per heavy atom. The molecule has 0 bridgehead atoms. The van der Waals surface area contributed by atoms with Gasteiger partial charge in [0.2, 0.25) is 0 Å². The monoisotopic (exact) mass is 244 g/mol. The van der Waals surface area contributed by atoms with Crippen LogP contribution < -0.4 is 0 Å². The fourth-order valence-electron chi connectivity index (χ4n) is 2.29. The molecule has 2 heteroatoms. The highest BCUT2D eigenvalue weighted by molar-refractivity contribution is 5.71. The molecule has 0 spiro atoms. The largest absolute Gasteiger partial charge is 0.453 e. The average Bonchev–Trinajstić information content (AvgIpc) is 2.53. The Hall–Kier alpha value is -1.57. The summed E-state index contributed by atoms with van der Waals surface area (Å²) in [4.78, 5) is 11.2. The summed E-state index contributed by atoms with van der Waals surface area (Å²) in [6.45, 7) is 10.0. The van der Waals surface area contributed by atoms with Crippen LogP contribution in [0.3, 0.4) is 0 Å². The van der Waals surface area contributed by atoms with Crippen molar-refractivity contribution in [3.05, 3.63) is 40.5 Å². The van der Waals surface area contributed by atoms with E-state index in [0.29, 0.717) is 0 Å². The van der Waals surface area contributed by atoms with E-state index in [4.69, 9.17) is 4.74 Å². The molecule has 0 aromatic heterocycles. The lowest BCUT2D eigenvalue weighted by molar-refractivity contribution is -0.144. The van der Waals surface area contributed by atoms with E-state index in [-0.39, 0.29) is 17.5 Å². The third-order valence-corrected chi connectivity index (χ3v) is 3.32. The third kappa shape index (κ3) is 2.33. The maximum Gasteiger partial charge on any atom is 0.303 e. The van der Waals surface area contributed by atoms with Crippen molar-refractivity contribution in [1.29, 1.82) is 0 Å². The number of carbonyl (C=O) groups is 1. The number of hydrogen-bond donors (Lipinski definition) is 0. The second-order valence-electron chi connectivity index (χ2n) is 5.97. The van der Waals surface area contributed by atoms with Gasteiger partial charge in [-0.05, 0) is 29.0 Å². The number of carbonyl (C=O) groups excluding carboxylic acids is 1. The van der Waals surface area contributed by atoms with Crippen LogP contribution in [-0.2, 0) is 14.9 Å². The Labute approximate surface area is 109 Å². The molecule has 0 amide bonds. The molecule has 96 valence electrons. The van der Waals surface area contributed by atoms with Gasteiger partial charge in [0.15, 0.2) is 0 Å². The maximum absolute atomic E-state index is 11.2. The molecule has 0 saturated heterocycles. The van der Waals surface area contributed by atoms with E-state index in [2.05, 4.69) is 45.0 Å². The Morgan fingerprint density at radius 1 is 1.28 bits per heavy atom. The first-order valence-electron chi connectivity index (χ1n) is 6.29. The summed E-state index contributed by atoms with van der Waals surface area (Å²) in [5, 5.41) is 0. The van der Waals surface area contributed by atoms with E-state index in [9.17, 15) is 4.79 Å². The topological polar surface area (TPSA) is 26.3 Å². The molecule has 1 unspecified atom stereocenters. The highest BCUT2D eigenvalue weighted by atomic mass is 16.5. The molecule has 1 aliphatic carbocycles. The van der Waals surface area contributed by atoms with Crippen LogP contribution in [0, 0.1) is 0 Å². The molecular weight excluding hydrogens is 224 g/mol. The van der Waals surface area contributed by atoms with Crippen LogP contribution in [0.25, 0.3) is 6.08 Å². The van der Waals surface area contributed by atoms with Gasteiger partial charge in [-0.15, -0.1) is 0 Å². The van der Waals surface area contributed by atoms with Gasteiger partial charge in [0.05, 0.1) is 0 Å². The molecule has 2 rings (SSSR count). The molecule has 1 aromatic carbocycles. The van der Waals surface area contributed by atoms with Gasteiger partial charge in [-0.25, -0.2) is 0 Å². The zero-order valence-electron chi connectivity index (χ0n) is 11.7. The predicted molar refractivity (Wildman–Crippen MR) is 73.3 cm³/mol. The van der Waals surface area contributed by atoms with Crippen molar-refractivity contribution >= 4 is 12.0 Å². The Bertz CT molecular complexity index is 518. The van der Waals surface area contributed by atoms with Crippen LogP contribution in [0.5, 0.6) is 0 Å². The second-order valence-corrected chi connectivity index (χ2v) is 5.97. The minimum Gasteiger partial charge on any atom is -0.453 e. The number of ether oxygens (including phenoxy) is 1. The van der Waals surface area contributed by atoms with E-state index in [1.807, 2.05) is 6.92 Å². The summed E-state index contributed by atoms with van der Waals surface area (Å²) in [5.74, 6) is -0.234. The Balaban J connectivity index is 2.43. The molecular formula is C16H20O2. The lowest BCUT2D eigenvalue weighted by Crippen LogP contribution is -2.13. The van der Waals surface area contributed by atoms with Crippen molar-refractivity contribution in [2.45, 2.75) is 46.1 Å². The first kappa shape index (κ1) is 12.9. The van der Waals surface area contributed by atoms with Crippen LogP contribution in [-0.4, -0.2) is 5.97 Å². The number of hydrogen-bond acceptors (Lipinski definition) is 2. The predicted octanol–water partition coefficient (Wildman–Crippen LogP) is 4.01. The van der Waals surface area contributed by atoms with E-state index >= 15 is 0 Å². The van der Waals surface area contributed by atoms with E-state index in [1.54, 1.807) is 0 Å². The molecule has 2 nitrogen and oxygen atoms in total. The fraction of sp³-hybridized carbons (Fsp3) is 0.438. The number of fused-ring (bicyclic) bond motifs is 1. The molecule has 1 aromatic rings. The van der Waals surface area contributed by atoms with Crippen LogP contribution in [0.1, 0.15) is 57.4 Å². The van der Waals surface area contributed by atoms with Gasteiger partial charge in [0.25, 0.3) is 0 Å². The second kappa shape index (κ2) is 4.27. The van der Waals surface area contributed by atoms with Gasteiger partial charge >= 0.3 is 5.97 Å². The van der Waals surface area contributed by atoms with Crippen molar-refractivity contribution in [2.24, 2.45) is 0 Å². The van der Waals surface area contributed by atoms with E-state index in [0.717, 1.165) is 16.7 Å². The summed E-state index contributed by atoms with van der Waals surface area (Å²) < 4.78 is 5.41. The van der Waals surface area contributed by atoms with Crippen LogP contribution in [0.2, 0.25) is 0 Å². The Morgan fingerprint density at radius 2 is 1.94 bits per heavy atom. The summed E-state index contributed by atoms with van der Waals surface area (Å²) in [6.07, 6.45) is 1.88. The van der Waals surface area contributed by atoms with Crippen molar-refractivity contribution in [1.82, 2.24) is 0 Å². The lowest BCUT2D eigenvalue weighted by atomic mass is 9.85. The average molecular weight is 244 g/mol. The summed E-state index contributed by atoms with van der Waals surface area (Å²) in [5.41, 5.74) is 4.72. The maximum atomic E-state index is 11.2. The summed E-state index contributed by atoms with van der Waals surface area (Å²) >= 11 is 0.